The van der Waals surface area contributed by atoms with Crippen molar-refractivity contribution in [2.24, 2.45) is 0 Å². The molecule has 0 bridgehead atoms. The maximum Gasteiger partial charge on any atom is 0.0923 e. The van der Waals surface area contributed by atoms with Crippen LogP contribution in [0.15, 0.2) is 0 Å². The van der Waals surface area contributed by atoms with E-state index in [1.54, 1.807) is 0 Å². The van der Waals surface area contributed by atoms with Crippen molar-refractivity contribution in [2.75, 3.05) is 19.8 Å². The van der Waals surface area contributed by atoms with Crippen LogP contribution in [-0.2, 0) is 4.74 Å². The number of aliphatic hydroxyl groups is 2. The fourth-order valence-electron chi connectivity index (χ4n) is 2.21. The monoisotopic (exact) mass is 187 g/mol. The number of β-amino-alcohol motifs (C(OH)–C–C–N with tert-alkyl or cyclic N) is 1. The summed E-state index contributed by atoms with van der Waals surface area (Å²) in [6.07, 6.45) is 1.36. The molecule has 3 N–H and O–H groups in total. The first-order chi connectivity index (χ1) is 6.22. The topological polar surface area (TPSA) is 61.7 Å². The predicted molar refractivity (Wildman–Crippen MR) is 47.4 cm³/mol. The Bertz CT molecular complexity index is 180. The summed E-state index contributed by atoms with van der Waals surface area (Å²) in [5.74, 6) is 0. The molecule has 2 aliphatic heterocycles. The summed E-state index contributed by atoms with van der Waals surface area (Å²) in [4.78, 5) is 0. The third-order valence-electron chi connectivity index (χ3n) is 3.18. The molecule has 4 heteroatoms. The van der Waals surface area contributed by atoms with Crippen molar-refractivity contribution >= 4 is 0 Å². The largest absolute Gasteiger partial charge is 0.390 e. The van der Waals surface area contributed by atoms with E-state index in [-0.39, 0.29) is 5.54 Å². The Hall–Kier alpha value is -0.160. The fraction of sp³-hybridized carbons (Fsp3) is 1.00. The number of hydrogen-bond donors (Lipinski definition) is 3. The number of rotatable bonds is 0. The highest BCUT2D eigenvalue weighted by Crippen LogP contribution is 2.29. The first-order valence-corrected chi connectivity index (χ1v) is 4.91. The van der Waals surface area contributed by atoms with E-state index in [0.29, 0.717) is 13.0 Å². The number of hydrogen-bond acceptors (Lipinski definition) is 4. The normalized spacial score (nSPS) is 39.2. The van der Waals surface area contributed by atoms with Crippen LogP contribution >= 0.6 is 0 Å². The van der Waals surface area contributed by atoms with Gasteiger partial charge in [-0.3, -0.25) is 0 Å². The lowest BCUT2D eigenvalue weighted by Crippen LogP contribution is -2.60. The molecule has 0 aliphatic carbocycles. The summed E-state index contributed by atoms with van der Waals surface area (Å²) in [5, 5.41) is 22.2. The Balaban J connectivity index is 1.99. The lowest BCUT2D eigenvalue weighted by Gasteiger charge is -2.44. The van der Waals surface area contributed by atoms with Crippen LogP contribution in [0, 0.1) is 0 Å². The quantitative estimate of drug-likeness (QED) is 0.467. The molecule has 2 heterocycles. The van der Waals surface area contributed by atoms with Gasteiger partial charge in [-0.2, -0.15) is 0 Å². The van der Waals surface area contributed by atoms with Crippen molar-refractivity contribution in [2.45, 2.75) is 37.0 Å². The maximum absolute atomic E-state index is 9.56. The number of nitrogens with one attached hydrogen (secondary N) is 1. The molecule has 0 aromatic heterocycles. The molecule has 13 heavy (non-hydrogen) atoms. The SMILES string of the molecule is O[C@@H]1CNC2(CCOCC2)C[C@@H]1O. The van der Waals surface area contributed by atoms with Crippen molar-refractivity contribution < 1.29 is 14.9 Å². The zero-order valence-corrected chi connectivity index (χ0v) is 7.70. The van der Waals surface area contributed by atoms with Gasteiger partial charge in [0.15, 0.2) is 0 Å². The van der Waals surface area contributed by atoms with Gasteiger partial charge in [0.25, 0.3) is 0 Å². The van der Waals surface area contributed by atoms with Gasteiger partial charge in [0.2, 0.25) is 0 Å². The molecule has 0 amide bonds. The lowest BCUT2D eigenvalue weighted by atomic mass is 9.80. The van der Waals surface area contributed by atoms with Crippen LogP contribution in [-0.4, -0.2) is 47.7 Å². The average molecular weight is 187 g/mol. The molecule has 1 spiro atoms. The maximum atomic E-state index is 9.56. The number of ether oxygens (including phenoxy) is 1. The van der Waals surface area contributed by atoms with Gasteiger partial charge in [0.1, 0.15) is 0 Å². The van der Waals surface area contributed by atoms with E-state index < -0.39 is 12.2 Å². The van der Waals surface area contributed by atoms with E-state index >= 15 is 0 Å². The van der Waals surface area contributed by atoms with Gasteiger partial charge < -0.3 is 20.3 Å². The smallest absolute Gasteiger partial charge is 0.0923 e. The molecule has 2 aliphatic rings. The van der Waals surface area contributed by atoms with Gasteiger partial charge in [-0.25, -0.2) is 0 Å². The third kappa shape index (κ3) is 1.86. The third-order valence-corrected chi connectivity index (χ3v) is 3.18. The second-order valence-electron chi connectivity index (χ2n) is 4.11. The van der Waals surface area contributed by atoms with Crippen molar-refractivity contribution in [3.8, 4) is 0 Å². The van der Waals surface area contributed by atoms with Crippen molar-refractivity contribution in [1.29, 1.82) is 0 Å². The second kappa shape index (κ2) is 3.53. The summed E-state index contributed by atoms with van der Waals surface area (Å²) in [5.41, 5.74) is 0.0247. The van der Waals surface area contributed by atoms with Crippen LogP contribution in [0.1, 0.15) is 19.3 Å². The standard InChI is InChI=1S/C9H17NO3/c11-7-5-9(10-6-8(7)12)1-3-13-4-2-9/h7-8,10-12H,1-6H2/t7-,8+/m0/s1. The first-order valence-electron chi connectivity index (χ1n) is 4.91. The van der Waals surface area contributed by atoms with Crippen molar-refractivity contribution in [1.82, 2.24) is 5.32 Å². The first kappa shape index (κ1) is 9.40. The molecule has 2 fully saturated rings. The molecule has 2 rings (SSSR count). The van der Waals surface area contributed by atoms with Crippen LogP contribution in [0.5, 0.6) is 0 Å². The van der Waals surface area contributed by atoms with Gasteiger partial charge in [-0.15, -0.1) is 0 Å². The van der Waals surface area contributed by atoms with E-state index in [0.717, 1.165) is 26.1 Å². The molecule has 0 aromatic rings. The molecule has 76 valence electrons. The van der Waals surface area contributed by atoms with Crippen molar-refractivity contribution in [3.63, 3.8) is 0 Å². The average Bonchev–Trinajstić information content (AvgIpc) is 2.14. The van der Waals surface area contributed by atoms with Gasteiger partial charge in [-0.1, -0.05) is 0 Å². The minimum Gasteiger partial charge on any atom is -0.390 e. The number of aliphatic hydroxyl groups excluding tert-OH is 2. The zero-order chi connectivity index (χ0) is 9.31. The van der Waals surface area contributed by atoms with E-state index in [2.05, 4.69) is 5.32 Å². The van der Waals surface area contributed by atoms with Crippen LogP contribution < -0.4 is 5.32 Å². The molecule has 0 saturated carbocycles. The van der Waals surface area contributed by atoms with E-state index in [4.69, 9.17) is 4.74 Å². The Morgan fingerprint density at radius 2 is 1.85 bits per heavy atom. The van der Waals surface area contributed by atoms with Crippen LogP contribution in [0.4, 0.5) is 0 Å². The fourth-order valence-corrected chi connectivity index (χ4v) is 2.21. The van der Waals surface area contributed by atoms with Crippen LogP contribution in [0.3, 0.4) is 0 Å². The summed E-state index contributed by atoms with van der Waals surface area (Å²) < 4.78 is 5.27. The highest BCUT2D eigenvalue weighted by Gasteiger charge is 2.40. The minimum atomic E-state index is -0.603. The molecule has 0 radical (unpaired) electrons. The Morgan fingerprint density at radius 1 is 1.15 bits per heavy atom. The number of piperidine rings is 1. The Labute approximate surface area is 77.9 Å². The summed E-state index contributed by atoms with van der Waals surface area (Å²) in [6, 6.07) is 0. The van der Waals surface area contributed by atoms with E-state index in [9.17, 15) is 10.2 Å². The Kier molecular flexibility index (Phi) is 2.55. The van der Waals surface area contributed by atoms with Gasteiger partial charge in [-0.05, 0) is 19.3 Å². The van der Waals surface area contributed by atoms with Crippen LogP contribution in [0.2, 0.25) is 0 Å². The van der Waals surface area contributed by atoms with Crippen molar-refractivity contribution in [3.05, 3.63) is 0 Å². The predicted octanol–water partition coefficient (Wildman–Crippen LogP) is -0.749. The van der Waals surface area contributed by atoms with E-state index in [1.807, 2.05) is 0 Å². The van der Waals surface area contributed by atoms with E-state index in [1.165, 1.54) is 0 Å². The van der Waals surface area contributed by atoms with Gasteiger partial charge in [0.05, 0.1) is 12.2 Å². The molecular formula is C9H17NO3. The molecule has 2 saturated heterocycles. The van der Waals surface area contributed by atoms with Gasteiger partial charge in [0, 0.05) is 25.3 Å². The highest BCUT2D eigenvalue weighted by atomic mass is 16.5. The molecule has 0 aromatic carbocycles. The van der Waals surface area contributed by atoms with Crippen LogP contribution in [0.25, 0.3) is 0 Å². The summed E-state index contributed by atoms with van der Waals surface area (Å²) in [7, 11) is 0. The highest BCUT2D eigenvalue weighted by molar-refractivity contribution is 4.98. The Morgan fingerprint density at radius 3 is 2.46 bits per heavy atom. The summed E-state index contributed by atoms with van der Waals surface area (Å²) in [6.45, 7) is 2.02. The molecule has 0 unspecified atom stereocenters. The molecule has 4 nitrogen and oxygen atoms in total. The molecular weight excluding hydrogens is 170 g/mol. The second-order valence-corrected chi connectivity index (χ2v) is 4.11. The molecule has 2 atom stereocenters. The minimum absolute atomic E-state index is 0.0247. The summed E-state index contributed by atoms with van der Waals surface area (Å²) >= 11 is 0. The van der Waals surface area contributed by atoms with Gasteiger partial charge >= 0.3 is 0 Å². The lowest BCUT2D eigenvalue weighted by molar-refractivity contribution is -0.0618. The zero-order valence-electron chi connectivity index (χ0n) is 7.70.